The lowest BCUT2D eigenvalue weighted by molar-refractivity contribution is -0.117. The number of carbonyl (C=O) groups is 2. The summed E-state index contributed by atoms with van der Waals surface area (Å²) < 4.78 is 1.02. The van der Waals surface area contributed by atoms with Gasteiger partial charge in [0, 0.05) is 26.6 Å². The van der Waals surface area contributed by atoms with E-state index in [4.69, 9.17) is 0 Å². The Morgan fingerprint density at radius 3 is 2.46 bits per heavy atom. The zero-order chi connectivity index (χ0) is 19.7. The Bertz CT molecular complexity index is 1040. The quantitative estimate of drug-likeness (QED) is 0.490. The van der Waals surface area contributed by atoms with Crippen LogP contribution in [0.15, 0.2) is 59.1 Å². The predicted octanol–water partition coefficient (Wildman–Crippen LogP) is 6.09. The van der Waals surface area contributed by atoms with Gasteiger partial charge in [-0.15, -0.1) is 11.3 Å². The SMILES string of the molecule is Cc1ccc(NC(=O)C2CC2)cc1NC(=O)c1ccc(-c2ccc(Br)cc2)s1. The molecule has 142 valence electrons. The minimum atomic E-state index is -0.151. The highest BCUT2D eigenvalue weighted by atomic mass is 79.9. The standard InChI is InChI=1S/C22H19BrN2O2S/c1-13-2-9-17(24-21(26)15-3-4-15)12-18(13)25-22(27)20-11-10-19(28-20)14-5-7-16(23)8-6-14/h2,5-12,15H,3-4H2,1H3,(H,24,26)(H,25,27). The molecule has 0 atom stereocenters. The van der Waals surface area contributed by atoms with Crippen molar-refractivity contribution in [3.8, 4) is 10.4 Å². The van der Waals surface area contributed by atoms with Crippen molar-refractivity contribution in [2.24, 2.45) is 5.92 Å². The maximum Gasteiger partial charge on any atom is 0.265 e. The van der Waals surface area contributed by atoms with Crippen molar-refractivity contribution in [1.82, 2.24) is 0 Å². The zero-order valence-corrected chi connectivity index (χ0v) is 17.7. The van der Waals surface area contributed by atoms with Crippen molar-refractivity contribution in [2.75, 3.05) is 10.6 Å². The fourth-order valence-electron chi connectivity index (χ4n) is 2.84. The summed E-state index contributed by atoms with van der Waals surface area (Å²) in [5, 5.41) is 5.89. The number of carbonyl (C=O) groups excluding carboxylic acids is 2. The molecule has 1 fully saturated rings. The predicted molar refractivity (Wildman–Crippen MR) is 118 cm³/mol. The number of rotatable bonds is 5. The van der Waals surface area contributed by atoms with E-state index in [-0.39, 0.29) is 17.7 Å². The summed E-state index contributed by atoms with van der Waals surface area (Å²) in [4.78, 5) is 26.4. The summed E-state index contributed by atoms with van der Waals surface area (Å²) in [7, 11) is 0. The van der Waals surface area contributed by atoms with Crippen LogP contribution in [-0.2, 0) is 4.79 Å². The lowest BCUT2D eigenvalue weighted by Gasteiger charge is -2.11. The highest BCUT2D eigenvalue weighted by Crippen LogP contribution is 2.32. The van der Waals surface area contributed by atoms with E-state index in [1.807, 2.05) is 61.5 Å². The number of halogens is 1. The summed E-state index contributed by atoms with van der Waals surface area (Å²) in [6, 6.07) is 17.4. The van der Waals surface area contributed by atoms with Crippen LogP contribution in [0.25, 0.3) is 10.4 Å². The van der Waals surface area contributed by atoms with Crippen molar-refractivity contribution in [1.29, 1.82) is 0 Å². The normalized spacial score (nSPS) is 13.2. The topological polar surface area (TPSA) is 58.2 Å². The van der Waals surface area contributed by atoms with E-state index in [1.54, 1.807) is 0 Å². The van der Waals surface area contributed by atoms with E-state index in [9.17, 15) is 9.59 Å². The number of benzene rings is 2. The molecule has 0 saturated heterocycles. The van der Waals surface area contributed by atoms with Crippen molar-refractivity contribution >= 4 is 50.5 Å². The highest BCUT2D eigenvalue weighted by Gasteiger charge is 2.29. The van der Waals surface area contributed by atoms with Gasteiger partial charge in [0.15, 0.2) is 0 Å². The number of aryl methyl sites for hydroxylation is 1. The molecule has 28 heavy (non-hydrogen) atoms. The monoisotopic (exact) mass is 454 g/mol. The molecule has 3 aromatic rings. The Morgan fingerprint density at radius 2 is 1.75 bits per heavy atom. The number of amides is 2. The second kappa shape index (κ2) is 7.89. The third-order valence-electron chi connectivity index (χ3n) is 4.66. The van der Waals surface area contributed by atoms with Gasteiger partial charge in [0.25, 0.3) is 5.91 Å². The van der Waals surface area contributed by atoms with Crippen molar-refractivity contribution < 1.29 is 9.59 Å². The Kier molecular flexibility index (Phi) is 5.33. The largest absolute Gasteiger partial charge is 0.326 e. The first-order valence-electron chi connectivity index (χ1n) is 9.08. The number of hydrogen-bond acceptors (Lipinski definition) is 3. The fraction of sp³-hybridized carbons (Fsp3) is 0.182. The van der Waals surface area contributed by atoms with Gasteiger partial charge >= 0.3 is 0 Å². The molecule has 4 rings (SSSR count). The second-order valence-corrected chi connectivity index (χ2v) is 8.92. The number of anilines is 2. The first kappa shape index (κ1) is 18.9. The van der Waals surface area contributed by atoms with Gasteiger partial charge < -0.3 is 10.6 Å². The molecule has 0 bridgehead atoms. The number of hydrogen-bond donors (Lipinski definition) is 2. The number of thiophene rings is 1. The minimum absolute atomic E-state index is 0.0542. The molecule has 1 heterocycles. The molecule has 4 nitrogen and oxygen atoms in total. The van der Waals surface area contributed by atoms with Gasteiger partial charge in [-0.1, -0.05) is 34.1 Å². The van der Waals surface area contributed by atoms with Gasteiger partial charge in [-0.2, -0.15) is 0 Å². The van der Waals surface area contributed by atoms with Gasteiger partial charge in [-0.05, 0) is 67.3 Å². The molecule has 0 aliphatic heterocycles. The van der Waals surface area contributed by atoms with Crippen LogP contribution in [0.5, 0.6) is 0 Å². The first-order chi connectivity index (χ1) is 13.5. The Hall–Kier alpha value is -2.44. The average molecular weight is 455 g/mol. The van der Waals surface area contributed by atoms with E-state index in [2.05, 4.69) is 26.6 Å². The van der Waals surface area contributed by atoms with Crippen LogP contribution in [0.2, 0.25) is 0 Å². The Labute approximate surface area is 176 Å². The second-order valence-electron chi connectivity index (χ2n) is 6.92. The van der Waals surface area contributed by atoms with Crippen LogP contribution < -0.4 is 10.6 Å². The van der Waals surface area contributed by atoms with E-state index < -0.39 is 0 Å². The molecule has 0 radical (unpaired) electrons. The van der Waals surface area contributed by atoms with Gasteiger partial charge in [0.1, 0.15) is 0 Å². The van der Waals surface area contributed by atoms with E-state index >= 15 is 0 Å². The maximum atomic E-state index is 12.7. The summed E-state index contributed by atoms with van der Waals surface area (Å²) in [5.74, 6) is 0.0446. The Balaban J connectivity index is 1.48. The number of nitrogens with one attached hydrogen (secondary N) is 2. The molecule has 2 aromatic carbocycles. The van der Waals surface area contributed by atoms with Crippen LogP contribution in [0.4, 0.5) is 11.4 Å². The first-order valence-corrected chi connectivity index (χ1v) is 10.7. The van der Waals surface area contributed by atoms with Crippen LogP contribution in [0.1, 0.15) is 28.1 Å². The molecule has 6 heteroatoms. The molecule has 1 saturated carbocycles. The van der Waals surface area contributed by atoms with Gasteiger partial charge in [0.2, 0.25) is 5.91 Å². The summed E-state index contributed by atoms with van der Waals surface area (Å²) >= 11 is 4.89. The molecule has 0 spiro atoms. The van der Waals surface area contributed by atoms with E-state index in [1.165, 1.54) is 11.3 Å². The van der Waals surface area contributed by atoms with Gasteiger partial charge in [-0.25, -0.2) is 0 Å². The lowest BCUT2D eigenvalue weighted by Crippen LogP contribution is -2.15. The van der Waals surface area contributed by atoms with E-state index in [0.717, 1.165) is 33.3 Å². The third-order valence-corrected chi connectivity index (χ3v) is 6.32. The highest BCUT2D eigenvalue weighted by molar-refractivity contribution is 9.10. The van der Waals surface area contributed by atoms with Crippen molar-refractivity contribution in [3.05, 3.63) is 69.5 Å². The average Bonchev–Trinajstić information content (AvgIpc) is 3.42. The minimum Gasteiger partial charge on any atom is -0.326 e. The fourth-order valence-corrected chi connectivity index (χ4v) is 4.01. The smallest absolute Gasteiger partial charge is 0.265 e. The molecular weight excluding hydrogens is 436 g/mol. The zero-order valence-electron chi connectivity index (χ0n) is 15.3. The molecular formula is C22H19BrN2O2S. The van der Waals surface area contributed by atoms with Crippen LogP contribution >= 0.6 is 27.3 Å². The lowest BCUT2D eigenvalue weighted by atomic mass is 10.1. The van der Waals surface area contributed by atoms with Gasteiger partial charge in [0.05, 0.1) is 4.88 Å². The maximum absolute atomic E-state index is 12.7. The van der Waals surface area contributed by atoms with Gasteiger partial charge in [-0.3, -0.25) is 9.59 Å². The van der Waals surface area contributed by atoms with Crippen molar-refractivity contribution in [3.63, 3.8) is 0 Å². The van der Waals surface area contributed by atoms with Crippen LogP contribution in [0, 0.1) is 12.8 Å². The van der Waals surface area contributed by atoms with E-state index in [0.29, 0.717) is 16.3 Å². The Morgan fingerprint density at radius 1 is 1.00 bits per heavy atom. The summed E-state index contributed by atoms with van der Waals surface area (Å²) in [5.41, 5.74) is 3.44. The summed E-state index contributed by atoms with van der Waals surface area (Å²) in [6.45, 7) is 1.93. The molecule has 1 aliphatic carbocycles. The molecule has 1 aromatic heterocycles. The van der Waals surface area contributed by atoms with Crippen LogP contribution in [0.3, 0.4) is 0 Å². The summed E-state index contributed by atoms with van der Waals surface area (Å²) in [6.07, 6.45) is 1.92. The third kappa shape index (κ3) is 4.34. The molecule has 1 aliphatic rings. The van der Waals surface area contributed by atoms with Crippen LogP contribution in [-0.4, -0.2) is 11.8 Å². The molecule has 0 unspecified atom stereocenters. The molecule has 2 N–H and O–H groups in total. The molecule has 2 amide bonds. The van der Waals surface area contributed by atoms with Crippen molar-refractivity contribution in [2.45, 2.75) is 19.8 Å².